The fourth-order valence-corrected chi connectivity index (χ4v) is 6.97. The standard InChI is InChI=1S/C24H23N3O5S3/c25-21(29)20-14-4-1-2-5-17(14)34-22(20)26-19(28)6-3-9-27-23(30)18(35-24(27)33)11-13-7-8-15-16(10-13)32-12-31-15/h7-8,10-11H,1-6,9,12H2,(H2,25,29)(H,26,28)/b18-11-. The Balaban J connectivity index is 1.18. The first-order valence-electron chi connectivity index (χ1n) is 11.3. The van der Waals surface area contributed by atoms with Gasteiger partial charge in [-0.25, -0.2) is 0 Å². The molecule has 1 aliphatic carbocycles. The number of aryl methyl sites for hydroxylation is 1. The summed E-state index contributed by atoms with van der Waals surface area (Å²) in [5.41, 5.74) is 7.85. The second kappa shape index (κ2) is 10.00. The fourth-order valence-electron chi connectivity index (χ4n) is 4.35. The molecule has 2 aliphatic heterocycles. The van der Waals surface area contributed by atoms with Crippen LogP contribution in [0.5, 0.6) is 11.5 Å². The van der Waals surface area contributed by atoms with Crippen LogP contribution in [0.15, 0.2) is 23.1 Å². The van der Waals surface area contributed by atoms with Crippen LogP contribution in [0.4, 0.5) is 5.00 Å². The van der Waals surface area contributed by atoms with Gasteiger partial charge >= 0.3 is 0 Å². The Morgan fingerprint density at radius 2 is 2.00 bits per heavy atom. The molecule has 3 amide bonds. The summed E-state index contributed by atoms with van der Waals surface area (Å²) in [6.07, 6.45) is 6.22. The van der Waals surface area contributed by atoms with E-state index >= 15 is 0 Å². The Morgan fingerprint density at radius 3 is 2.83 bits per heavy atom. The molecule has 1 saturated heterocycles. The molecule has 1 aromatic carbocycles. The number of primary amides is 1. The van der Waals surface area contributed by atoms with Gasteiger partial charge in [0.25, 0.3) is 11.8 Å². The van der Waals surface area contributed by atoms with E-state index in [-0.39, 0.29) is 25.0 Å². The predicted molar refractivity (Wildman–Crippen MR) is 140 cm³/mol. The van der Waals surface area contributed by atoms with Crippen LogP contribution in [0.2, 0.25) is 0 Å². The maximum Gasteiger partial charge on any atom is 0.266 e. The summed E-state index contributed by atoms with van der Waals surface area (Å²) in [4.78, 5) is 40.7. The van der Waals surface area contributed by atoms with Crippen molar-refractivity contribution in [2.45, 2.75) is 38.5 Å². The average molecular weight is 530 g/mol. The molecule has 0 atom stereocenters. The lowest BCUT2D eigenvalue weighted by Crippen LogP contribution is -2.29. The Kier molecular flexibility index (Phi) is 6.81. The number of thiocarbonyl (C=S) groups is 1. The van der Waals surface area contributed by atoms with Gasteiger partial charge in [0.1, 0.15) is 9.32 Å². The summed E-state index contributed by atoms with van der Waals surface area (Å²) in [7, 11) is 0. The van der Waals surface area contributed by atoms with Crippen molar-refractivity contribution in [2.75, 3.05) is 18.7 Å². The van der Waals surface area contributed by atoms with Gasteiger partial charge in [0.05, 0.1) is 10.5 Å². The minimum atomic E-state index is -0.508. The Hall–Kier alpha value is -2.89. The number of nitrogens with one attached hydrogen (secondary N) is 1. The molecule has 1 aromatic heterocycles. The van der Waals surface area contributed by atoms with Gasteiger partial charge in [0, 0.05) is 17.8 Å². The van der Waals surface area contributed by atoms with Crippen molar-refractivity contribution >= 4 is 68.4 Å². The first-order chi connectivity index (χ1) is 16.9. The summed E-state index contributed by atoms with van der Waals surface area (Å²) < 4.78 is 11.2. The van der Waals surface area contributed by atoms with Crippen LogP contribution in [0, 0.1) is 0 Å². The number of carbonyl (C=O) groups is 3. The highest BCUT2D eigenvalue weighted by Crippen LogP contribution is 2.38. The predicted octanol–water partition coefficient (Wildman–Crippen LogP) is 4.07. The van der Waals surface area contributed by atoms with Crippen LogP contribution in [0.1, 0.15) is 52.0 Å². The molecule has 3 aliphatic rings. The Labute approximate surface area is 215 Å². The minimum Gasteiger partial charge on any atom is -0.454 e. The highest BCUT2D eigenvalue weighted by molar-refractivity contribution is 8.26. The van der Waals surface area contributed by atoms with Crippen LogP contribution in [-0.2, 0) is 22.4 Å². The molecule has 11 heteroatoms. The number of nitrogens with zero attached hydrogens (tertiary/aromatic N) is 1. The molecular weight excluding hydrogens is 506 g/mol. The maximum absolute atomic E-state index is 12.9. The lowest BCUT2D eigenvalue weighted by molar-refractivity contribution is -0.122. The molecule has 182 valence electrons. The Bertz CT molecular complexity index is 1270. The molecule has 35 heavy (non-hydrogen) atoms. The molecule has 1 fully saturated rings. The van der Waals surface area contributed by atoms with Gasteiger partial charge in [0.15, 0.2) is 11.5 Å². The smallest absolute Gasteiger partial charge is 0.266 e. The number of anilines is 1. The topological polar surface area (TPSA) is 111 Å². The lowest BCUT2D eigenvalue weighted by atomic mass is 9.95. The van der Waals surface area contributed by atoms with Crippen LogP contribution in [-0.4, -0.2) is 40.3 Å². The number of hydrogen-bond acceptors (Lipinski definition) is 8. The maximum atomic E-state index is 12.9. The molecular formula is C24H23N3O5S3. The second-order valence-electron chi connectivity index (χ2n) is 8.38. The van der Waals surface area contributed by atoms with Gasteiger partial charge in [-0.05, 0) is 61.4 Å². The van der Waals surface area contributed by atoms with E-state index in [4.69, 9.17) is 27.4 Å². The lowest BCUT2D eigenvalue weighted by Gasteiger charge is -2.14. The molecule has 3 heterocycles. The van der Waals surface area contributed by atoms with E-state index in [0.29, 0.717) is 44.3 Å². The number of hydrogen-bond donors (Lipinski definition) is 2. The van der Waals surface area contributed by atoms with E-state index in [2.05, 4.69) is 5.32 Å². The number of rotatable bonds is 7. The third-order valence-corrected chi connectivity index (χ3v) is 8.61. The van der Waals surface area contributed by atoms with Crippen LogP contribution >= 0.6 is 35.3 Å². The second-order valence-corrected chi connectivity index (χ2v) is 11.2. The third-order valence-electron chi connectivity index (χ3n) is 6.02. The Morgan fingerprint density at radius 1 is 1.20 bits per heavy atom. The molecule has 2 aromatic rings. The summed E-state index contributed by atoms with van der Waals surface area (Å²) in [6.45, 7) is 0.521. The largest absolute Gasteiger partial charge is 0.454 e. The van der Waals surface area contributed by atoms with Crippen molar-refractivity contribution in [3.8, 4) is 11.5 Å². The summed E-state index contributed by atoms with van der Waals surface area (Å²) >= 11 is 8.08. The first kappa shape index (κ1) is 23.8. The number of nitrogens with two attached hydrogens (primary N) is 1. The first-order valence-corrected chi connectivity index (χ1v) is 13.3. The minimum absolute atomic E-state index is 0.181. The van der Waals surface area contributed by atoms with Gasteiger partial charge in [-0.2, -0.15) is 0 Å². The summed E-state index contributed by atoms with van der Waals surface area (Å²) in [6, 6.07) is 5.48. The zero-order valence-electron chi connectivity index (χ0n) is 18.8. The highest BCUT2D eigenvalue weighted by atomic mass is 32.2. The van der Waals surface area contributed by atoms with E-state index in [0.717, 1.165) is 41.7 Å². The summed E-state index contributed by atoms with van der Waals surface area (Å²) in [5.74, 6) is 0.420. The summed E-state index contributed by atoms with van der Waals surface area (Å²) in [5, 5.41) is 3.40. The van der Waals surface area contributed by atoms with E-state index < -0.39 is 5.91 Å². The highest BCUT2D eigenvalue weighted by Gasteiger charge is 2.32. The van der Waals surface area contributed by atoms with Crippen LogP contribution < -0.4 is 20.5 Å². The monoisotopic (exact) mass is 529 g/mol. The molecule has 8 nitrogen and oxygen atoms in total. The number of ether oxygens (including phenoxy) is 2. The van der Waals surface area contributed by atoms with Crippen molar-refractivity contribution in [2.24, 2.45) is 5.73 Å². The van der Waals surface area contributed by atoms with Crippen molar-refractivity contribution < 1.29 is 23.9 Å². The molecule has 0 saturated carbocycles. The number of thioether (sulfide) groups is 1. The van der Waals surface area contributed by atoms with E-state index in [9.17, 15) is 14.4 Å². The molecule has 0 spiro atoms. The van der Waals surface area contributed by atoms with Crippen LogP contribution in [0.25, 0.3) is 6.08 Å². The number of carbonyl (C=O) groups excluding carboxylic acids is 3. The van der Waals surface area contributed by atoms with Crippen molar-refractivity contribution in [3.05, 3.63) is 44.7 Å². The molecule has 3 N–H and O–H groups in total. The van der Waals surface area contributed by atoms with Gasteiger partial charge in [-0.3, -0.25) is 19.3 Å². The normalized spacial score (nSPS) is 17.7. The number of thiophene rings is 1. The zero-order valence-corrected chi connectivity index (χ0v) is 21.2. The number of fused-ring (bicyclic) bond motifs is 2. The van der Waals surface area contributed by atoms with Gasteiger partial charge in [-0.15, -0.1) is 11.3 Å². The number of amides is 3. The quantitative estimate of drug-likeness (QED) is 0.411. The van der Waals surface area contributed by atoms with E-state index in [1.165, 1.54) is 28.0 Å². The van der Waals surface area contributed by atoms with E-state index in [1.807, 2.05) is 12.1 Å². The van der Waals surface area contributed by atoms with E-state index in [1.54, 1.807) is 12.1 Å². The zero-order chi connectivity index (χ0) is 24.5. The molecule has 0 unspecified atom stereocenters. The molecule has 0 bridgehead atoms. The SMILES string of the molecule is NC(=O)c1c(NC(=O)CCCN2C(=O)/C(=C/c3ccc4c(c3)OCO4)SC2=S)sc2c1CCCC2. The van der Waals surface area contributed by atoms with Gasteiger partial charge in [0.2, 0.25) is 12.7 Å². The van der Waals surface area contributed by atoms with Crippen molar-refractivity contribution in [3.63, 3.8) is 0 Å². The fraction of sp³-hybridized carbons (Fsp3) is 0.333. The van der Waals surface area contributed by atoms with Gasteiger partial charge in [-0.1, -0.05) is 30.0 Å². The molecule has 5 rings (SSSR count). The molecule has 0 radical (unpaired) electrons. The van der Waals surface area contributed by atoms with Crippen molar-refractivity contribution in [1.29, 1.82) is 0 Å². The third kappa shape index (κ3) is 4.93. The average Bonchev–Trinajstić information content (AvgIpc) is 3.50. The van der Waals surface area contributed by atoms with Crippen LogP contribution in [0.3, 0.4) is 0 Å². The van der Waals surface area contributed by atoms with Crippen molar-refractivity contribution in [1.82, 2.24) is 4.90 Å². The number of benzene rings is 1. The van der Waals surface area contributed by atoms with Gasteiger partial charge < -0.3 is 20.5 Å².